The van der Waals surface area contributed by atoms with Gasteiger partial charge in [0.05, 0.1) is 0 Å². The van der Waals surface area contributed by atoms with Gasteiger partial charge in [0.15, 0.2) is 0 Å². The summed E-state index contributed by atoms with van der Waals surface area (Å²) in [5.41, 5.74) is 4.03. The van der Waals surface area contributed by atoms with Crippen LogP contribution in [0.15, 0.2) is 30.3 Å². The van der Waals surface area contributed by atoms with E-state index in [1.807, 2.05) is 0 Å². The van der Waals surface area contributed by atoms with Crippen molar-refractivity contribution in [2.75, 3.05) is 0 Å². The van der Waals surface area contributed by atoms with Crippen LogP contribution in [0.3, 0.4) is 0 Å². The minimum Gasteiger partial charge on any atom is -0.299 e. The molecule has 0 aliphatic heterocycles. The van der Waals surface area contributed by atoms with E-state index in [1.165, 1.54) is 27.5 Å². The Morgan fingerprint density at radius 3 is 2.74 bits per heavy atom. The van der Waals surface area contributed by atoms with Gasteiger partial charge in [-0.2, -0.15) is 0 Å². The van der Waals surface area contributed by atoms with E-state index in [1.54, 1.807) is 0 Å². The van der Waals surface area contributed by atoms with Gasteiger partial charge in [-0.3, -0.25) is 4.79 Å². The molecule has 3 rings (SSSR count). The maximum absolute atomic E-state index is 11.6. The van der Waals surface area contributed by atoms with Crippen molar-refractivity contribution in [2.24, 2.45) is 5.92 Å². The van der Waals surface area contributed by atoms with Crippen molar-refractivity contribution in [3.8, 4) is 0 Å². The molecule has 1 nitrogen and oxygen atoms in total. The normalized spacial score (nSPS) is 15.0. The second kappa shape index (κ2) is 4.80. The first-order valence-corrected chi connectivity index (χ1v) is 7.18. The van der Waals surface area contributed by atoms with Crippen molar-refractivity contribution in [2.45, 2.75) is 39.5 Å². The zero-order chi connectivity index (χ0) is 13.4. The molecule has 0 unspecified atom stereocenters. The summed E-state index contributed by atoms with van der Waals surface area (Å²) < 4.78 is 0. The fraction of sp³-hybridized carbons (Fsp3) is 0.389. The van der Waals surface area contributed by atoms with Gasteiger partial charge in [-0.25, -0.2) is 0 Å². The van der Waals surface area contributed by atoms with Crippen LogP contribution in [0, 0.1) is 5.92 Å². The highest BCUT2D eigenvalue weighted by Gasteiger charge is 2.16. The van der Waals surface area contributed by atoms with E-state index in [9.17, 15) is 4.79 Å². The number of hydrogen-bond donors (Lipinski definition) is 0. The van der Waals surface area contributed by atoms with Crippen molar-refractivity contribution in [1.82, 2.24) is 0 Å². The van der Waals surface area contributed by atoms with Crippen LogP contribution in [0.2, 0.25) is 0 Å². The summed E-state index contributed by atoms with van der Waals surface area (Å²) in [7, 11) is 0. The van der Waals surface area contributed by atoms with E-state index in [4.69, 9.17) is 0 Å². The Labute approximate surface area is 114 Å². The monoisotopic (exact) mass is 252 g/mol. The Hall–Kier alpha value is -1.63. The third kappa shape index (κ3) is 2.42. The van der Waals surface area contributed by atoms with Gasteiger partial charge in [0.1, 0.15) is 5.78 Å². The summed E-state index contributed by atoms with van der Waals surface area (Å²) in [6, 6.07) is 11.1. The van der Waals surface area contributed by atoms with Gasteiger partial charge in [-0.15, -0.1) is 0 Å². The molecule has 1 aliphatic carbocycles. The highest BCUT2D eigenvalue weighted by molar-refractivity contribution is 5.90. The van der Waals surface area contributed by atoms with Crippen LogP contribution in [-0.2, 0) is 24.1 Å². The number of fused-ring (bicyclic) bond motifs is 2. The van der Waals surface area contributed by atoms with Crippen molar-refractivity contribution < 1.29 is 4.79 Å². The number of ketones is 1. The van der Waals surface area contributed by atoms with Crippen LogP contribution in [0.1, 0.15) is 37.0 Å². The maximum Gasteiger partial charge on any atom is 0.137 e. The first-order chi connectivity index (χ1) is 9.13. The molecule has 0 fully saturated rings. The predicted octanol–water partition coefficient (Wildman–Crippen LogP) is 4.10. The number of Topliss-reactive ketones (excluding diaryl/α,β-unsaturated/α-hetero) is 1. The van der Waals surface area contributed by atoms with Crippen LogP contribution in [0.4, 0.5) is 0 Å². The van der Waals surface area contributed by atoms with E-state index in [2.05, 4.69) is 44.2 Å². The minimum atomic E-state index is 0.383. The molecule has 2 aromatic rings. The largest absolute Gasteiger partial charge is 0.299 e. The number of hydrogen-bond acceptors (Lipinski definition) is 1. The van der Waals surface area contributed by atoms with Crippen LogP contribution in [0.25, 0.3) is 10.8 Å². The van der Waals surface area contributed by atoms with Crippen molar-refractivity contribution in [3.05, 3.63) is 47.0 Å². The molecule has 0 N–H and O–H groups in total. The summed E-state index contributed by atoms with van der Waals surface area (Å²) in [5, 5.41) is 2.66. The summed E-state index contributed by atoms with van der Waals surface area (Å²) in [5.74, 6) is 1.04. The van der Waals surface area contributed by atoms with Crippen LogP contribution >= 0.6 is 0 Å². The average molecular weight is 252 g/mol. The molecule has 98 valence electrons. The van der Waals surface area contributed by atoms with Gasteiger partial charge < -0.3 is 0 Å². The lowest BCUT2D eigenvalue weighted by molar-refractivity contribution is -0.118. The standard InChI is InChI=1S/C18H20O/c1-12(2)8-14-4-3-5-15-9-13-6-7-17(19)10-16(13)11-18(14)15/h3-5,9,11-12H,6-8,10H2,1-2H3. The number of carbonyl (C=O) groups excluding carboxylic acids is 1. The molecule has 0 spiro atoms. The molecule has 0 saturated heterocycles. The first kappa shape index (κ1) is 12.4. The fourth-order valence-electron chi connectivity index (χ4n) is 3.07. The molecule has 0 heterocycles. The van der Waals surface area contributed by atoms with Crippen molar-refractivity contribution in [3.63, 3.8) is 0 Å². The van der Waals surface area contributed by atoms with Gasteiger partial charge in [0.25, 0.3) is 0 Å². The van der Waals surface area contributed by atoms with E-state index in [0.717, 1.165) is 12.8 Å². The Bertz CT molecular complexity index is 637. The quantitative estimate of drug-likeness (QED) is 0.786. The highest BCUT2D eigenvalue weighted by Crippen LogP contribution is 2.28. The number of benzene rings is 2. The van der Waals surface area contributed by atoms with Crippen molar-refractivity contribution in [1.29, 1.82) is 0 Å². The first-order valence-electron chi connectivity index (χ1n) is 7.18. The molecule has 0 atom stereocenters. The third-order valence-corrected chi connectivity index (χ3v) is 3.98. The minimum absolute atomic E-state index is 0.383. The summed E-state index contributed by atoms with van der Waals surface area (Å²) >= 11 is 0. The Morgan fingerprint density at radius 2 is 1.95 bits per heavy atom. The van der Waals surface area contributed by atoms with Gasteiger partial charge in [0, 0.05) is 12.8 Å². The van der Waals surface area contributed by atoms with Gasteiger partial charge >= 0.3 is 0 Å². The summed E-state index contributed by atoms with van der Waals surface area (Å²) in [6.07, 6.45) is 3.36. The van der Waals surface area contributed by atoms with E-state index >= 15 is 0 Å². The maximum atomic E-state index is 11.6. The molecule has 0 bridgehead atoms. The van der Waals surface area contributed by atoms with Gasteiger partial charge in [-0.1, -0.05) is 44.2 Å². The zero-order valence-corrected chi connectivity index (χ0v) is 11.7. The van der Waals surface area contributed by atoms with E-state index in [-0.39, 0.29) is 0 Å². The Morgan fingerprint density at radius 1 is 1.11 bits per heavy atom. The SMILES string of the molecule is CC(C)Cc1cccc2cc3c(cc12)CC(=O)CC3. The highest BCUT2D eigenvalue weighted by atomic mass is 16.1. The van der Waals surface area contributed by atoms with Crippen LogP contribution in [-0.4, -0.2) is 5.78 Å². The summed E-state index contributed by atoms with van der Waals surface area (Å²) in [4.78, 5) is 11.6. The van der Waals surface area contributed by atoms with Gasteiger partial charge in [-0.05, 0) is 46.2 Å². The molecule has 1 heteroatoms. The second-order valence-corrected chi connectivity index (χ2v) is 6.07. The van der Waals surface area contributed by atoms with Crippen LogP contribution < -0.4 is 0 Å². The molecule has 0 saturated carbocycles. The van der Waals surface area contributed by atoms with E-state index < -0.39 is 0 Å². The average Bonchev–Trinajstić information content (AvgIpc) is 2.36. The molecule has 2 aromatic carbocycles. The molecule has 0 aromatic heterocycles. The lowest BCUT2D eigenvalue weighted by Crippen LogP contribution is -2.13. The molecule has 19 heavy (non-hydrogen) atoms. The number of aryl methyl sites for hydroxylation is 1. The second-order valence-electron chi connectivity index (χ2n) is 6.07. The molecular weight excluding hydrogens is 232 g/mol. The number of rotatable bonds is 2. The molecular formula is C18H20O. The van der Waals surface area contributed by atoms with Gasteiger partial charge in [0.2, 0.25) is 0 Å². The lowest BCUT2D eigenvalue weighted by Gasteiger charge is -2.17. The molecule has 1 aliphatic rings. The fourth-order valence-corrected chi connectivity index (χ4v) is 3.07. The molecule has 0 amide bonds. The Kier molecular flexibility index (Phi) is 3.14. The number of carbonyl (C=O) groups is 1. The Balaban J connectivity index is 2.15. The zero-order valence-electron chi connectivity index (χ0n) is 11.7. The smallest absolute Gasteiger partial charge is 0.137 e. The molecule has 0 radical (unpaired) electrons. The van der Waals surface area contributed by atoms with Crippen molar-refractivity contribution >= 4 is 16.6 Å². The predicted molar refractivity (Wildman–Crippen MR) is 79.5 cm³/mol. The topological polar surface area (TPSA) is 17.1 Å². The lowest BCUT2D eigenvalue weighted by atomic mass is 9.86. The summed E-state index contributed by atoms with van der Waals surface area (Å²) in [6.45, 7) is 4.50. The van der Waals surface area contributed by atoms with E-state index in [0.29, 0.717) is 24.5 Å². The van der Waals surface area contributed by atoms with Crippen LogP contribution in [0.5, 0.6) is 0 Å². The third-order valence-electron chi connectivity index (χ3n) is 3.98.